The molecule has 0 fully saturated rings. The van der Waals surface area contributed by atoms with Crippen LogP contribution in [0.15, 0.2) is 34.5 Å². The normalized spacial score (nSPS) is 16.3. The SMILES string of the molecule is C[C@@](O)(CNS(=O)(=O)c1ccc(Cl)s1)c1ccc2c(c1)OCO2. The largest absolute Gasteiger partial charge is 0.454 e. The van der Waals surface area contributed by atoms with Crippen LogP contribution in [0.4, 0.5) is 0 Å². The van der Waals surface area contributed by atoms with Gasteiger partial charge in [-0.25, -0.2) is 13.1 Å². The Morgan fingerprint density at radius 1 is 1.30 bits per heavy atom. The summed E-state index contributed by atoms with van der Waals surface area (Å²) in [6, 6.07) is 7.92. The third-order valence-corrected chi connectivity index (χ3v) is 6.54. The van der Waals surface area contributed by atoms with Gasteiger partial charge in [-0.3, -0.25) is 0 Å². The Bertz CT molecular complexity index is 831. The fraction of sp³-hybridized carbons (Fsp3) is 0.286. The van der Waals surface area contributed by atoms with E-state index in [1.165, 1.54) is 19.1 Å². The third-order valence-electron chi connectivity index (χ3n) is 3.41. The predicted molar refractivity (Wildman–Crippen MR) is 86.7 cm³/mol. The van der Waals surface area contributed by atoms with Crippen molar-refractivity contribution < 1.29 is 23.0 Å². The van der Waals surface area contributed by atoms with E-state index in [1.54, 1.807) is 18.2 Å². The van der Waals surface area contributed by atoms with Crippen molar-refractivity contribution in [1.29, 1.82) is 0 Å². The van der Waals surface area contributed by atoms with Gasteiger partial charge in [0.1, 0.15) is 9.81 Å². The van der Waals surface area contributed by atoms with Crippen molar-refractivity contribution in [3.05, 3.63) is 40.2 Å². The summed E-state index contributed by atoms with van der Waals surface area (Å²) in [4.78, 5) is 0. The Hall–Kier alpha value is -1.32. The number of aliphatic hydroxyl groups is 1. The van der Waals surface area contributed by atoms with Crippen LogP contribution < -0.4 is 14.2 Å². The van der Waals surface area contributed by atoms with E-state index in [9.17, 15) is 13.5 Å². The van der Waals surface area contributed by atoms with E-state index < -0.39 is 15.6 Å². The quantitative estimate of drug-likeness (QED) is 0.837. The maximum absolute atomic E-state index is 12.2. The molecule has 2 heterocycles. The number of rotatable bonds is 5. The molecule has 0 saturated carbocycles. The molecule has 0 bridgehead atoms. The summed E-state index contributed by atoms with van der Waals surface area (Å²) in [7, 11) is -3.72. The molecule has 124 valence electrons. The summed E-state index contributed by atoms with van der Waals surface area (Å²) in [5.74, 6) is 1.12. The van der Waals surface area contributed by atoms with E-state index in [1.807, 2.05) is 0 Å². The Kier molecular flexibility index (Phi) is 4.28. The van der Waals surface area contributed by atoms with Gasteiger partial charge in [-0.15, -0.1) is 11.3 Å². The highest BCUT2D eigenvalue weighted by atomic mass is 35.5. The van der Waals surface area contributed by atoms with E-state index in [0.717, 1.165) is 11.3 Å². The van der Waals surface area contributed by atoms with Crippen molar-refractivity contribution in [2.24, 2.45) is 0 Å². The summed E-state index contributed by atoms with van der Waals surface area (Å²) in [6.07, 6.45) is 0. The van der Waals surface area contributed by atoms with E-state index >= 15 is 0 Å². The second-order valence-electron chi connectivity index (χ2n) is 5.22. The third kappa shape index (κ3) is 3.46. The molecule has 0 unspecified atom stereocenters. The van der Waals surface area contributed by atoms with Crippen molar-refractivity contribution in [2.45, 2.75) is 16.7 Å². The molecule has 1 atom stereocenters. The number of benzene rings is 1. The topological polar surface area (TPSA) is 84.9 Å². The number of hydrogen-bond acceptors (Lipinski definition) is 6. The van der Waals surface area contributed by atoms with Crippen molar-refractivity contribution in [3.8, 4) is 11.5 Å². The molecule has 1 aromatic heterocycles. The lowest BCUT2D eigenvalue weighted by Gasteiger charge is -2.24. The van der Waals surface area contributed by atoms with Gasteiger partial charge in [-0.05, 0) is 36.8 Å². The number of ether oxygens (including phenoxy) is 2. The van der Waals surface area contributed by atoms with Crippen LogP contribution in [0.5, 0.6) is 11.5 Å². The van der Waals surface area contributed by atoms with Gasteiger partial charge in [0.25, 0.3) is 0 Å². The van der Waals surface area contributed by atoms with Crippen molar-refractivity contribution in [1.82, 2.24) is 4.72 Å². The van der Waals surface area contributed by atoms with Crippen molar-refractivity contribution >= 4 is 33.0 Å². The van der Waals surface area contributed by atoms with Crippen LogP contribution in [0, 0.1) is 0 Å². The lowest BCUT2D eigenvalue weighted by molar-refractivity contribution is 0.0625. The van der Waals surface area contributed by atoms with E-state index in [4.69, 9.17) is 21.1 Å². The number of halogens is 1. The van der Waals surface area contributed by atoms with Crippen molar-refractivity contribution in [3.63, 3.8) is 0 Å². The minimum Gasteiger partial charge on any atom is -0.454 e. The van der Waals surface area contributed by atoms with Crippen LogP contribution in [0.25, 0.3) is 0 Å². The van der Waals surface area contributed by atoms with Crippen molar-refractivity contribution in [2.75, 3.05) is 13.3 Å². The number of fused-ring (bicyclic) bond motifs is 1. The second kappa shape index (κ2) is 5.95. The van der Waals surface area contributed by atoms with Gasteiger partial charge in [0, 0.05) is 6.54 Å². The summed E-state index contributed by atoms with van der Waals surface area (Å²) in [5, 5.41) is 10.6. The lowest BCUT2D eigenvalue weighted by Crippen LogP contribution is -2.38. The molecular weight excluding hydrogens is 362 g/mol. The average molecular weight is 376 g/mol. The first-order valence-electron chi connectivity index (χ1n) is 6.65. The molecule has 6 nitrogen and oxygen atoms in total. The zero-order valence-corrected chi connectivity index (χ0v) is 14.5. The first kappa shape index (κ1) is 16.5. The summed E-state index contributed by atoms with van der Waals surface area (Å²) >= 11 is 6.71. The molecule has 3 rings (SSSR count). The minimum absolute atomic E-state index is 0.101. The van der Waals surface area contributed by atoms with E-state index in [-0.39, 0.29) is 17.5 Å². The van der Waals surface area contributed by atoms with Gasteiger partial charge in [-0.2, -0.15) is 0 Å². The summed E-state index contributed by atoms with van der Waals surface area (Å²) < 4.78 is 37.8. The Morgan fingerprint density at radius 3 is 2.74 bits per heavy atom. The Balaban J connectivity index is 1.76. The molecule has 0 saturated heterocycles. The molecule has 0 amide bonds. The molecular formula is C14H14ClNO5S2. The smallest absolute Gasteiger partial charge is 0.250 e. The zero-order chi connectivity index (χ0) is 16.7. The van der Waals surface area contributed by atoms with Crippen LogP contribution in [0.2, 0.25) is 4.34 Å². The van der Waals surface area contributed by atoms with Gasteiger partial charge in [0.15, 0.2) is 11.5 Å². The predicted octanol–water partition coefficient (Wildman–Crippen LogP) is 2.32. The fourth-order valence-electron chi connectivity index (χ4n) is 2.08. The van der Waals surface area contributed by atoms with Crippen LogP contribution in [0.3, 0.4) is 0 Å². The van der Waals surface area contributed by atoms with Gasteiger partial charge in [0.2, 0.25) is 16.8 Å². The molecule has 0 radical (unpaired) electrons. The average Bonchev–Trinajstić information content (AvgIpc) is 3.13. The monoisotopic (exact) mass is 375 g/mol. The van der Waals surface area contributed by atoms with E-state index in [2.05, 4.69) is 4.72 Å². The van der Waals surface area contributed by atoms with Gasteiger partial charge >= 0.3 is 0 Å². The lowest BCUT2D eigenvalue weighted by atomic mass is 9.96. The molecule has 9 heteroatoms. The summed E-state index contributed by atoms with van der Waals surface area (Å²) in [5.41, 5.74) is -0.886. The molecule has 0 aliphatic carbocycles. The molecule has 23 heavy (non-hydrogen) atoms. The highest BCUT2D eigenvalue weighted by Gasteiger charge is 2.28. The highest BCUT2D eigenvalue weighted by Crippen LogP contribution is 2.35. The number of thiophene rings is 1. The first-order chi connectivity index (χ1) is 10.8. The fourth-order valence-corrected chi connectivity index (χ4v) is 4.74. The standard InChI is InChI=1S/C14H14ClNO5S2/c1-14(17,9-2-3-10-11(6-9)21-8-20-10)7-16-23(18,19)13-5-4-12(15)22-13/h2-6,16-17H,7-8H2,1H3/t14-/m1/s1. The number of hydrogen-bond donors (Lipinski definition) is 2. The first-order valence-corrected chi connectivity index (χ1v) is 9.33. The van der Waals surface area contributed by atoms with Crippen LogP contribution in [0.1, 0.15) is 12.5 Å². The molecule has 0 spiro atoms. The minimum atomic E-state index is -3.72. The highest BCUT2D eigenvalue weighted by molar-refractivity contribution is 7.91. The molecule has 1 aromatic carbocycles. The summed E-state index contributed by atoms with van der Waals surface area (Å²) in [6.45, 7) is 1.46. The Labute approximate surface area is 142 Å². The number of sulfonamides is 1. The number of nitrogens with one attached hydrogen (secondary N) is 1. The van der Waals surface area contributed by atoms with Crippen LogP contribution in [-0.4, -0.2) is 26.9 Å². The molecule has 2 aromatic rings. The van der Waals surface area contributed by atoms with Crippen LogP contribution in [-0.2, 0) is 15.6 Å². The Morgan fingerprint density at radius 2 is 2.04 bits per heavy atom. The van der Waals surface area contributed by atoms with Gasteiger partial charge in [-0.1, -0.05) is 17.7 Å². The van der Waals surface area contributed by atoms with E-state index in [0.29, 0.717) is 21.4 Å². The van der Waals surface area contributed by atoms with Gasteiger partial charge < -0.3 is 14.6 Å². The zero-order valence-electron chi connectivity index (χ0n) is 12.1. The van der Waals surface area contributed by atoms with Crippen LogP contribution >= 0.6 is 22.9 Å². The maximum Gasteiger partial charge on any atom is 0.250 e. The second-order valence-corrected chi connectivity index (χ2v) is 8.93. The molecule has 1 aliphatic rings. The maximum atomic E-state index is 12.2. The molecule has 2 N–H and O–H groups in total. The van der Waals surface area contributed by atoms with Gasteiger partial charge in [0.05, 0.1) is 4.34 Å². The molecule has 1 aliphatic heterocycles.